The highest BCUT2D eigenvalue weighted by atomic mass is 19.1. The van der Waals surface area contributed by atoms with Crippen LogP contribution in [0, 0.1) is 11.6 Å². The summed E-state index contributed by atoms with van der Waals surface area (Å²) in [5, 5.41) is 9.94. The van der Waals surface area contributed by atoms with E-state index in [-0.39, 0.29) is 30.1 Å². The largest absolute Gasteiger partial charge is 0.462 e. The zero-order valence-electron chi connectivity index (χ0n) is 18.1. The molecule has 1 fully saturated rings. The van der Waals surface area contributed by atoms with Crippen LogP contribution >= 0.6 is 0 Å². The van der Waals surface area contributed by atoms with Gasteiger partial charge < -0.3 is 14.4 Å². The summed E-state index contributed by atoms with van der Waals surface area (Å²) in [7, 11) is 0. The molecule has 1 aliphatic heterocycles. The number of aliphatic hydroxyl groups excluding tert-OH is 1. The number of carbonyl (C=O) groups is 1. The third-order valence-corrected chi connectivity index (χ3v) is 5.66. The van der Waals surface area contributed by atoms with Crippen LogP contribution in [-0.2, 0) is 16.1 Å². The van der Waals surface area contributed by atoms with Crippen LogP contribution in [-0.4, -0.2) is 32.8 Å². The Morgan fingerprint density at radius 3 is 2.22 bits per heavy atom. The molecule has 1 aliphatic rings. The van der Waals surface area contributed by atoms with Gasteiger partial charge in [-0.3, -0.25) is 4.79 Å². The Morgan fingerprint density at radius 2 is 1.66 bits per heavy atom. The molecule has 0 saturated carbocycles. The molecule has 1 N–H and O–H groups in total. The van der Waals surface area contributed by atoms with Gasteiger partial charge in [0, 0.05) is 36.4 Å². The van der Waals surface area contributed by atoms with E-state index in [1.165, 1.54) is 24.3 Å². The van der Waals surface area contributed by atoms with Crippen LogP contribution in [0.3, 0.4) is 0 Å². The van der Waals surface area contributed by atoms with Crippen LogP contribution in [0.25, 0.3) is 22.5 Å². The van der Waals surface area contributed by atoms with Crippen molar-refractivity contribution < 1.29 is 23.4 Å². The lowest BCUT2D eigenvalue weighted by Gasteiger charge is -2.26. The van der Waals surface area contributed by atoms with E-state index in [2.05, 4.69) is 4.57 Å². The Morgan fingerprint density at radius 1 is 1.06 bits per heavy atom. The number of esters is 1. The van der Waals surface area contributed by atoms with Gasteiger partial charge in [-0.2, -0.15) is 0 Å². The van der Waals surface area contributed by atoms with Crippen LogP contribution in [0.1, 0.15) is 44.9 Å². The van der Waals surface area contributed by atoms with Crippen molar-refractivity contribution in [1.82, 2.24) is 9.55 Å². The fraction of sp³-hybridized carbons (Fsp3) is 0.360. The predicted octanol–water partition coefficient (Wildman–Crippen LogP) is 5.08. The Hall–Kier alpha value is -3.06. The van der Waals surface area contributed by atoms with Crippen molar-refractivity contribution >= 4 is 5.97 Å². The molecule has 0 spiro atoms. The van der Waals surface area contributed by atoms with E-state index in [0.29, 0.717) is 25.1 Å². The number of benzene rings is 2. The van der Waals surface area contributed by atoms with Gasteiger partial charge in [0.25, 0.3) is 0 Å². The van der Waals surface area contributed by atoms with Crippen LogP contribution in [0.2, 0.25) is 0 Å². The van der Waals surface area contributed by atoms with Crippen molar-refractivity contribution in [3.8, 4) is 22.5 Å². The molecule has 0 radical (unpaired) electrons. The second-order valence-electron chi connectivity index (χ2n) is 8.48. The molecule has 0 amide bonds. The minimum absolute atomic E-state index is 0.0222. The summed E-state index contributed by atoms with van der Waals surface area (Å²) in [6.07, 6.45) is -0.151. The lowest BCUT2D eigenvalue weighted by atomic mass is 10.0. The van der Waals surface area contributed by atoms with Crippen LogP contribution in [0.4, 0.5) is 8.78 Å². The number of hydrogen-bond acceptors (Lipinski definition) is 4. The average Bonchev–Trinajstić information content (AvgIpc) is 3.12. The number of aliphatic hydroxyl groups is 1. The molecule has 1 aromatic heterocycles. The van der Waals surface area contributed by atoms with Gasteiger partial charge in [0.2, 0.25) is 0 Å². The van der Waals surface area contributed by atoms with E-state index in [0.717, 1.165) is 22.6 Å². The summed E-state index contributed by atoms with van der Waals surface area (Å²) in [5.74, 6) is -0.156. The molecule has 2 atom stereocenters. The molecular formula is C25H26F2N2O3. The maximum Gasteiger partial charge on any atom is 0.308 e. The van der Waals surface area contributed by atoms with Crippen molar-refractivity contribution in [2.45, 2.75) is 57.8 Å². The van der Waals surface area contributed by atoms with Gasteiger partial charge in [-0.25, -0.2) is 13.8 Å². The van der Waals surface area contributed by atoms with Gasteiger partial charge in [-0.15, -0.1) is 0 Å². The highest BCUT2D eigenvalue weighted by molar-refractivity contribution is 5.79. The summed E-state index contributed by atoms with van der Waals surface area (Å²) >= 11 is 0. The predicted molar refractivity (Wildman–Crippen MR) is 117 cm³/mol. The van der Waals surface area contributed by atoms with E-state index in [1.807, 2.05) is 13.8 Å². The van der Waals surface area contributed by atoms with Crippen molar-refractivity contribution in [2.24, 2.45) is 0 Å². The SMILES string of the molecule is CC(C)c1nc(-c2ccc(F)cc2)c(-c2ccc(F)cc2)n1CCC1CC(O)CC(=O)O1. The molecule has 1 saturated heterocycles. The molecule has 2 unspecified atom stereocenters. The van der Waals surface area contributed by atoms with Crippen molar-refractivity contribution in [3.05, 3.63) is 66.0 Å². The van der Waals surface area contributed by atoms with Crippen LogP contribution in [0.15, 0.2) is 48.5 Å². The Bertz CT molecular complexity index is 1090. The minimum atomic E-state index is -0.694. The van der Waals surface area contributed by atoms with E-state index in [4.69, 9.17) is 9.72 Å². The molecule has 7 heteroatoms. The number of ether oxygens (including phenoxy) is 1. The highest BCUT2D eigenvalue weighted by Gasteiger charge is 2.28. The number of imidazole rings is 1. The fourth-order valence-corrected chi connectivity index (χ4v) is 4.16. The Kier molecular flexibility index (Phi) is 6.37. The summed E-state index contributed by atoms with van der Waals surface area (Å²) in [6.45, 7) is 4.57. The molecule has 32 heavy (non-hydrogen) atoms. The maximum absolute atomic E-state index is 13.6. The summed E-state index contributed by atoms with van der Waals surface area (Å²) < 4.78 is 34.7. The number of carbonyl (C=O) groups excluding carboxylic acids is 1. The number of nitrogens with zero attached hydrogens (tertiary/aromatic N) is 2. The zero-order valence-corrected chi connectivity index (χ0v) is 18.1. The first kappa shape index (κ1) is 22.1. The molecule has 168 valence electrons. The topological polar surface area (TPSA) is 64.3 Å². The first-order valence-corrected chi connectivity index (χ1v) is 10.8. The number of cyclic esters (lactones) is 1. The third-order valence-electron chi connectivity index (χ3n) is 5.66. The van der Waals surface area contributed by atoms with Crippen LogP contribution < -0.4 is 0 Å². The van der Waals surface area contributed by atoms with E-state index >= 15 is 0 Å². The average molecular weight is 440 g/mol. The van der Waals surface area contributed by atoms with Crippen molar-refractivity contribution in [1.29, 1.82) is 0 Å². The van der Waals surface area contributed by atoms with E-state index in [1.54, 1.807) is 24.3 Å². The monoisotopic (exact) mass is 440 g/mol. The lowest BCUT2D eigenvalue weighted by Crippen LogP contribution is -2.33. The first-order chi connectivity index (χ1) is 15.3. The highest BCUT2D eigenvalue weighted by Crippen LogP contribution is 2.36. The van der Waals surface area contributed by atoms with Crippen molar-refractivity contribution in [2.75, 3.05) is 0 Å². The summed E-state index contributed by atoms with van der Waals surface area (Å²) in [4.78, 5) is 16.6. The van der Waals surface area contributed by atoms with E-state index in [9.17, 15) is 18.7 Å². The maximum atomic E-state index is 13.6. The summed E-state index contributed by atoms with van der Waals surface area (Å²) in [5.41, 5.74) is 3.01. The quantitative estimate of drug-likeness (QED) is 0.543. The lowest BCUT2D eigenvalue weighted by molar-refractivity contribution is -0.160. The normalized spacial score (nSPS) is 18.8. The van der Waals surface area contributed by atoms with Gasteiger partial charge in [0.15, 0.2) is 0 Å². The number of rotatable bonds is 6. The molecular weight excluding hydrogens is 414 g/mol. The number of halogens is 2. The van der Waals surface area contributed by atoms with Crippen molar-refractivity contribution in [3.63, 3.8) is 0 Å². The second-order valence-corrected chi connectivity index (χ2v) is 8.48. The molecule has 3 aromatic rings. The van der Waals surface area contributed by atoms with Gasteiger partial charge in [0.1, 0.15) is 23.6 Å². The molecule has 4 rings (SSSR count). The Labute approximate surface area is 185 Å². The first-order valence-electron chi connectivity index (χ1n) is 10.8. The van der Waals surface area contributed by atoms with Gasteiger partial charge in [-0.1, -0.05) is 13.8 Å². The van der Waals surface area contributed by atoms with Gasteiger partial charge >= 0.3 is 5.97 Å². The second kappa shape index (κ2) is 9.20. The van der Waals surface area contributed by atoms with Gasteiger partial charge in [-0.05, 0) is 48.5 Å². The molecule has 2 heterocycles. The molecule has 0 aliphatic carbocycles. The smallest absolute Gasteiger partial charge is 0.308 e. The summed E-state index contributed by atoms with van der Waals surface area (Å²) in [6, 6.07) is 12.3. The fourth-order valence-electron chi connectivity index (χ4n) is 4.16. The minimum Gasteiger partial charge on any atom is -0.462 e. The standard InChI is InChI=1S/C25H26F2N2O3/c1-15(2)25-28-23(16-3-7-18(26)8-4-16)24(17-5-9-19(27)10-6-17)29(25)12-11-21-13-20(30)14-22(31)32-21/h3-10,15,20-21,30H,11-14H2,1-2H3. The van der Waals surface area contributed by atoms with Crippen LogP contribution in [0.5, 0.6) is 0 Å². The number of aromatic nitrogens is 2. The molecule has 2 aromatic carbocycles. The molecule has 5 nitrogen and oxygen atoms in total. The van der Waals surface area contributed by atoms with E-state index < -0.39 is 12.1 Å². The number of hydrogen-bond donors (Lipinski definition) is 1. The van der Waals surface area contributed by atoms with Gasteiger partial charge in [0.05, 0.1) is 23.9 Å². The molecule has 0 bridgehead atoms. The zero-order chi connectivity index (χ0) is 22.8. The Balaban J connectivity index is 1.78. The third kappa shape index (κ3) is 4.72.